The van der Waals surface area contributed by atoms with Crippen LogP contribution in [0.2, 0.25) is 0 Å². The van der Waals surface area contributed by atoms with Crippen LogP contribution in [0.5, 0.6) is 0 Å². The lowest BCUT2D eigenvalue weighted by molar-refractivity contribution is 1.49. The predicted molar refractivity (Wildman–Crippen MR) is 47.0 cm³/mol. The molecule has 0 aliphatic heterocycles. The van der Waals surface area contributed by atoms with Crippen molar-refractivity contribution in [3.8, 4) is 6.07 Å². The standard InChI is InChI=1S/C7H5N.C3H6/c8-6-7-4-2-1-3-5-7;1-3-2/h1-5H;3H,1H2,2H3. The Hall–Kier alpha value is -1.55. The van der Waals surface area contributed by atoms with Crippen molar-refractivity contribution < 1.29 is 0 Å². The average molecular weight is 145 g/mol. The molecule has 56 valence electrons. The molecule has 0 radical (unpaired) electrons. The maximum absolute atomic E-state index is 8.29. The molecule has 0 bridgehead atoms. The first-order valence-electron chi connectivity index (χ1n) is 3.37. The van der Waals surface area contributed by atoms with Crippen molar-refractivity contribution in [1.29, 1.82) is 5.26 Å². The van der Waals surface area contributed by atoms with Gasteiger partial charge in [0, 0.05) is 0 Å². The second kappa shape index (κ2) is 6.57. The van der Waals surface area contributed by atoms with Gasteiger partial charge in [-0.2, -0.15) is 5.26 Å². The van der Waals surface area contributed by atoms with Gasteiger partial charge in [-0.05, 0) is 19.1 Å². The minimum Gasteiger partial charge on any atom is -0.192 e. The fraction of sp³-hybridized carbons (Fsp3) is 0.100. The van der Waals surface area contributed by atoms with Gasteiger partial charge in [-0.1, -0.05) is 24.3 Å². The molecule has 11 heavy (non-hydrogen) atoms. The average Bonchev–Trinajstić information content (AvgIpc) is 2.08. The maximum Gasteiger partial charge on any atom is 0.0991 e. The third kappa shape index (κ3) is 4.92. The molecule has 0 saturated heterocycles. The highest BCUT2D eigenvalue weighted by atomic mass is 14.2. The molecule has 1 aromatic rings. The Balaban J connectivity index is 0.000000292. The lowest BCUT2D eigenvalue weighted by Crippen LogP contribution is -1.66. The van der Waals surface area contributed by atoms with Crippen LogP contribution in [0.15, 0.2) is 43.0 Å². The molecule has 0 spiro atoms. The first-order valence-corrected chi connectivity index (χ1v) is 3.37. The normalized spacial score (nSPS) is 6.91. The summed E-state index contributed by atoms with van der Waals surface area (Å²) in [5, 5.41) is 8.29. The second-order valence-electron chi connectivity index (χ2n) is 1.89. The smallest absolute Gasteiger partial charge is 0.0991 e. The van der Waals surface area contributed by atoms with Crippen LogP contribution >= 0.6 is 0 Å². The van der Waals surface area contributed by atoms with E-state index in [-0.39, 0.29) is 0 Å². The van der Waals surface area contributed by atoms with Crippen LogP contribution in [0.4, 0.5) is 0 Å². The van der Waals surface area contributed by atoms with Gasteiger partial charge in [-0.15, -0.1) is 6.58 Å². The molecule has 0 aromatic heterocycles. The highest BCUT2D eigenvalue weighted by Crippen LogP contribution is 1.92. The molecule has 0 N–H and O–H groups in total. The zero-order valence-corrected chi connectivity index (χ0v) is 6.62. The van der Waals surface area contributed by atoms with Gasteiger partial charge in [-0.25, -0.2) is 0 Å². The number of allylic oxidation sites excluding steroid dienone is 1. The Labute approximate surface area is 67.6 Å². The van der Waals surface area contributed by atoms with Gasteiger partial charge in [0.25, 0.3) is 0 Å². The van der Waals surface area contributed by atoms with E-state index in [4.69, 9.17) is 5.26 Å². The molecule has 0 atom stereocenters. The van der Waals surface area contributed by atoms with E-state index in [0.29, 0.717) is 5.56 Å². The predicted octanol–water partition coefficient (Wildman–Crippen LogP) is 2.75. The van der Waals surface area contributed by atoms with Crippen LogP contribution < -0.4 is 0 Å². The van der Waals surface area contributed by atoms with Crippen LogP contribution in [0.3, 0.4) is 0 Å². The van der Waals surface area contributed by atoms with E-state index in [1.165, 1.54) is 0 Å². The number of hydrogen-bond acceptors (Lipinski definition) is 1. The number of nitriles is 1. The maximum atomic E-state index is 8.29. The van der Waals surface area contributed by atoms with Crippen LogP contribution in [0, 0.1) is 11.3 Å². The van der Waals surface area contributed by atoms with Crippen LogP contribution in [0.25, 0.3) is 0 Å². The third-order valence-electron chi connectivity index (χ3n) is 0.903. The van der Waals surface area contributed by atoms with Crippen molar-refractivity contribution in [2.45, 2.75) is 6.92 Å². The first-order chi connectivity index (χ1) is 5.35. The van der Waals surface area contributed by atoms with Gasteiger partial charge < -0.3 is 0 Å². The summed E-state index contributed by atoms with van der Waals surface area (Å²) < 4.78 is 0. The van der Waals surface area contributed by atoms with E-state index in [0.717, 1.165) is 0 Å². The lowest BCUT2D eigenvalue weighted by atomic mass is 10.2. The van der Waals surface area contributed by atoms with Crippen LogP contribution in [-0.4, -0.2) is 0 Å². The Morgan fingerprint density at radius 1 is 1.36 bits per heavy atom. The molecule has 0 saturated carbocycles. The van der Waals surface area contributed by atoms with Crippen LogP contribution in [0.1, 0.15) is 12.5 Å². The molecule has 0 heterocycles. The minimum atomic E-state index is 0.715. The summed E-state index contributed by atoms with van der Waals surface area (Å²) in [5.41, 5.74) is 0.715. The lowest BCUT2D eigenvalue weighted by Gasteiger charge is -1.80. The fourth-order valence-electron chi connectivity index (χ4n) is 0.513. The monoisotopic (exact) mass is 145 g/mol. The van der Waals surface area contributed by atoms with Gasteiger partial charge in [0.05, 0.1) is 11.6 Å². The number of rotatable bonds is 0. The van der Waals surface area contributed by atoms with Gasteiger partial charge in [0.1, 0.15) is 0 Å². The third-order valence-corrected chi connectivity index (χ3v) is 0.903. The topological polar surface area (TPSA) is 23.8 Å². The summed E-state index contributed by atoms with van der Waals surface area (Å²) in [7, 11) is 0. The zero-order valence-electron chi connectivity index (χ0n) is 6.62. The van der Waals surface area contributed by atoms with Crippen molar-refractivity contribution in [2.24, 2.45) is 0 Å². The Bertz CT molecular complexity index is 231. The molecular formula is C10H11N. The van der Waals surface area contributed by atoms with Crippen molar-refractivity contribution in [3.63, 3.8) is 0 Å². The molecule has 1 aromatic carbocycles. The molecular weight excluding hydrogens is 134 g/mol. The quantitative estimate of drug-likeness (QED) is 0.515. The first kappa shape index (κ1) is 9.45. The highest BCUT2D eigenvalue weighted by Gasteiger charge is 1.79. The Kier molecular flexibility index (Phi) is 5.64. The van der Waals surface area contributed by atoms with Crippen molar-refractivity contribution >= 4 is 0 Å². The van der Waals surface area contributed by atoms with Gasteiger partial charge >= 0.3 is 0 Å². The number of nitrogens with zero attached hydrogens (tertiary/aromatic N) is 1. The van der Waals surface area contributed by atoms with Gasteiger partial charge in [0.2, 0.25) is 0 Å². The molecule has 1 heteroatoms. The summed E-state index contributed by atoms with van der Waals surface area (Å²) in [6.45, 7) is 5.25. The van der Waals surface area contributed by atoms with Gasteiger partial charge in [-0.3, -0.25) is 0 Å². The minimum absolute atomic E-state index is 0.715. The van der Waals surface area contributed by atoms with E-state index in [1.54, 1.807) is 18.2 Å². The molecule has 0 unspecified atom stereocenters. The van der Waals surface area contributed by atoms with Crippen molar-refractivity contribution in [1.82, 2.24) is 0 Å². The molecule has 0 aliphatic carbocycles. The number of benzene rings is 1. The van der Waals surface area contributed by atoms with E-state index in [1.807, 2.05) is 31.2 Å². The second-order valence-corrected chi connectivity index (χ2v) is 1.89. The molecule has 1 rings (SSSR count). The highest BCUT2D eigenvalue weighted by molar-refractivity contribution is 5.27. The van der Waals surface area contributed by atoms with E-state index in [9.17, 15) is 0 Å². The fourth-order valence-corrected chi connectivity index (χ4v) is 0.513. The Morgan fingerprint density at radius 3 is 2.09 bits per heavy atom. The summed E-state index contributed by atoms with van der Waals surface area (Å²) in [6, 6.07) is 11.2. The van der Waals surface area contributed by atoms with E-state index in [2.05, 4.69) is 6.58 Å². The van der Waals surface area contributed by atoms with Crippen LogP contribution in [-0.2, 0) is 0 Å². The molecule has 1 nitrogen and oxygen atoms in total. The largest absolute Gasteiger partial charge is 0.192 e. The van der Waals surface area contributed by atoms with E-state index >= 15 is 0 Å². The van der Waals surface area contributed by atoms with E-state index < -0.39 is 0 Å². The summed E-state index contributed by atoms with van der Waals surface area (Å²) in [6.07, 6.45) is 1.75. The van der Waals surface area contributed by atoms with Crippen molar-refractivity contribution in [3.05, 3.63) is 48.6 Å². The summed E-state index contributed by atoms with van der Waals surface area (Å²) in [4.78, 5) is 0. The molecule has 0 aliphatic rings. The Morgan fingerprint density at radius 2 is 1.82 bits per heavy atom. The van der Waals surface area contributed by atoms with Crippen molar-refractivity contribution in [2.75, 3.05) is 0 Å². The van der Waals surface area contributed by atoms with Gasteiger partial charge in [0.15, 0.2) is 0 Å². The number of hydrogen-bond donors (Lipinski definition) is 0. The molecule has 0 amide bonds. The SMILES string of the molecule is C=CC.N#Cc1ccccc1. The summed E-state index contributed by atoms with van der Waals surface area (Å²) in [5.74, 6) is 0. The summed E-state index contributed by atoms with van der Waals surface area (Å²) >= 11 is 0. The zero-order chi connectivity index (χ0) is 8.53. The molecule has 0 fully saturated rings.